The molecule has 0 saturated heterocycles. The van der Waals surface area contributed by atoms with E-state index in [1.807, 2.05) is 0 Å². The molecule has 0 aliphatic carbocycles. The first-order valence-electron chi connectivity index (χ1n) is 5.85. The number of sulfonamides is 2. The molecule has 10 heteroatoms. The van der Waals surface area contributed by atoms with E-state index in [0.29, 0.717) is 5.56 Å². The Labute approximate surface area is 123 Å². The average molecular weight is 336 g/mol. The summed E-state index contributed by atoms with van der Waals surface area (Å²) in [6.45, 7) is -0.151. The van der Waals surface area contributed by atoms with Crippen molar-refractivity contribution in [2.45, 2.75) is 11.3 Å². The zero-order chi connectivity index (χ0) is 16.1. The maximum absolute atomic E-state index is 11.9. The van der Waals surface area contributed by atoms with E-state index in [-0.39, 0.29) is 24.4 Å². The molecule has 0 aromatic heterocycles. The van der Waals surface area contributed by atoms with E-state index in [0.717, 1.165) is 6.26 Å². The molecular formula is C11H16N2O6S2. The van der Waals surface area contributed by atoms with Gasteiger partial charge in [0.05, 0.1) is 17.6 Å². The standard InChI is InChI=1S/C11H16N2O6S2/c1-20(16,17)12-6-7-13-21(18,19)10-4-2-9(3-5-10)8-11(14)15/h2-5,12-13H,6-8H2,1H3,(H,14,15). The third-order valence-corrected chi connectivity index (χ3v) is 4.58. The minimum absolute atomic E-state index is 0.0176. The van der Waals surface area contributed by atoms with Crippen molar-refractivity contribution in [3.05, 3.63) is 29.8 Å². The van der Waals surface area contributed by atoms with Gasteiger partial charge in [0.15, 0.2) is 0 Å². The Bertz CT molecular complexity index is 695. The monoisotopic (exact) mass is 336 g/mol. The van der Waals surface area contributed by atoms with Gasteiger partial charge in [0.25, 0.3) is 0 Å². The van der Waals surface area contributed by atoms with Crippen molar-refractivity contribution in [1.82, 2.24) is 9.44 Å². The highest BCUT2D eigenvalue weighted by Crippen LogP contribution is 2.10. The lowest BCUT2D eigenvalue weighted by Gasteiger charge is -2.07. The Kier molecular flexibility index (Phi) is 5.84. The van der Waals surface area contributed by atoms with Crippen LogP contribution in [0.5, 0.6) is 0 Å². The Hall–Kier alpha value is -1.49. The Morgan fingerprint density at radius 1 is 1.05 bits per heavy atom. The van der Waals surface area contributed by atoms with Gasteiger partial charge >= 0.3 is 5.97 Å². The van der Waals surface area contributed by atoms with E-state index in [2.05, 4.69) is 9.44 Å². The lowest BCUT2D eigenvalue weighted by molar-refractivity contribution is -0.136. The first-order chi connectivity index (χ1) is 9.60. The number of carboxylic acids is 1. The Morgan fingerprint density at radius 3 is 2.05 bits per heavy atom. The molecule has 1 rings (SSSR count). The molecule has 1 aromatic rings. The molecule has 0 saturated carbocycles. The van der Waals surface area contributed by atoms with Gasteiger partial charge in [-0.3, -0.25) is 4.79 Å². The summed E-state index contributed by atoms with van der Waals surface area (Å²) in [5.74, 6) is -1.00. The Balaban J connectivity index is 2.64. The highest BCUT2D eigenvalue weighted by atomic mass is 32.2. The van der Waals surface area contributed by atoms with Crippen molar-refractivity contribution in [3.63, 3.8) is 0 Å². The number of benzene rings is 1. The minimum atomic E-state index is -3.76. The third-order valence-electron chi connectivity index (χ3n) is 2.37. The SMILES string of the molecule is CS(=O)(=O)NCCNS(=O)(=O)c1ccc(CC(=O)O)cc1. The fourth-order valence-corrected chi connectivity index (χ4v) is 2.97. The number of rotatable bonds is 8. The van der Waals surface area contributed by atoms with Crippen molar-refractivity contribution in [2.24, 2.45) is 0 Å². The molecule has 0 spiro atoms. The van der Waals surface area contributed by atoms with Gasteiger partial charge < -0.3 is 5.11 Å². The molecule has 0 bridgehead atoms. The summed E-state index contributed by atoms with van der Waals surface area (Å²) in [4.78, 5) is 10.5. The summed E-state index contributed by atoms with van der Waals surface area (Å²) in [5, 5.41) is 8.62. The van der Waals surface area contributed by atoms with E-state index in [9.17, 15) is 21.6 Å². The fourth-order valence-electron chi connectivity index (χ4n) is 1.47. The van der Waals surface area contributed by atoms with Crippen LogP contribution in [0.3, 0.4) is 0 Å². The molecule has 0 heterocycles. The lowest BCUT2D eigenvalue weighted by Crippen LogP contribution is -2.34. The highest BCUT2D eigenvalue weighted by molar-refractivity contribution is 7.89. The molecule has 0 aliphatic rings. The summed E-state index contributed by atoms with van der Waals surface area (Å²) in [6.07, 6.45) is 0.786. The maximum Gasteiger partial charge on any atom is 0.307 e. The lowest BCUT2D eigenvalue weighted by atomic mass is 10.2. The maximum atomic E-state index is 11.9. The van der Waals surface area contributed by atoms with Gasteiger partial charge in [0.2, 0.25) is 20.0 Å². The van der Waals surface area contributed by atoms with Crippen LogP contribution in [0.2, 0.25) is 0 Å². The van der Waals surface area contributed by atoms with Crippen LogP contribution >= 0.6 is 0 Å². The topological polar surface area (TPSA) is 130 Å². The van der Waals surface area contributed by atoms with Gasteiger partial charge in [-0.05, 0) is 17.7 Å². The van der Waals surface area contributed by atoms with Crippen LogP contribution in [-0.4, -0.2) is 47.3 Å². The van der Waals surface area contributed by atoms with Gasteiger partial charge in [-0.2, -0.15) is 0 Å². The molecule has 118 valence electrons. The van der Waals surface area contributed by atoms with E-state index < -0.39 is 26.0 Å². The number of carboxylic acid groups (broad SMARTS) is 1. The summed E-state index contributed by atoms with van der Waals surface area (Å²) in [5.41, 5.74) is 0.486. The number of hydrogen-bond donors (Lipinski definition) is 3. The van der Waals surface area contributed by atoms with E-state index in [1.54, 1.807) is 0 Å². The summed E-state index contributed by atoms with van der Waals surface area (Å²) in [7, 11) is -7.12. The van der Waals surface area contributed by atoms with Crippen molar-refractivity contribution in [1.29, 1.82) is 0 Å². The van der Waals surface area contributed by atoms with Crippen molar-refractivity contribution >= 4 is 26.0 Å². The van der Waals surface area contributed by atoms with Crippen LogP contribution in [0.1, 0.15) is 5.56 Å². The molecule has 0 aliphatic heterocycles. The van der Waals surface area contributed by atoms with Crippen molar-refractivity contribution in [2.75, 3.05) is 19.3 Å². The first kappa shape index (κ1) is 17.6. The molecule has 1 aromatic carbocycles. The minimum Gasteiger partial charge on any atom is -0.481 e. The third kappa shape index (κ3) is 6.67. The zero-order valence-corrected chi connectivity index (χ0v) is 12.9. The molecule has 0 amide bonds. The summed E-state index contributed by atoms with van der Waals surface area (Å²) < 4.78 is 49.8. The van der Waals surface area contributed by atoms with Crippen LogP contribution in [0, 0.1) is 0 Å². The van der Waals surface area contributed by atoms with Crippen LogP contribution in [0.15, 0.2) is 29.2 Å². The molecule has 3 N–H and O–H groups in total. The van der Waals surface area contributed by atoms with Crippen molar-refractivity contribution < 1.29 is 26.7 Å². The van der Waals surface area contributed by atoms with Crippen molar-refractivity contribution in [3.8, 4) is 0 Å². The van der Waals surface area contributed by atoms with Crippen LogP contribution in [-0.2, 0) is 31.3 Å². The quantitative estimate of drug-likeness (QED) is 0.530. The second-order valence-electron chi connectivity index (χ2n) is 4.28. The second-order valence-corrected chi connectivity index (χ2v) is 7.88. The first-order valence-corrected chi connectivity index (χ1v) is 9.23. The normalized spacial score (nSPS) is 12.2. The van der Waals surface area contributed by atoms with Gasteiger partial charge in [-0.1, -0.05) is 12.1 Å². The number of hydrogen-bond acceptors (Lipinski definition) is 5. The summed E-state index contributed by atoms with van der Waals surface area (Å²) >= 11 is 0. The number of carbonyl (C=O) groups is 1. The van der Waals surface area contributed by atoms with Gasteiger partial charge in [0.1, 0.15) is 0 Å². The molecule has 0 unspecified atom stereocenters. The molecule has 0 fully saturated rings. The largest absolute Gasteiger partial charge is 0.481 e. The van der Waals surface area contributed by atoms with Crippen LogP contribution < -0.4 is 9.44 Å². The number of nitrogens with one attached hydrogen (secondary N) is 2. The van der Waals surface area contributed by atoms with E-state index in [1.165, 1.54) is 24.3 Å². The second kappa shape index (κ2) is 6.98. The number of aliphatic carboxylic acids is 1. The predicted molar refractivity (Wildman–Crippen MR) is 75.8 cm³/mol. The van der Waals surface area contributed by atoms with E-state index in [4.69, 9.17) is 5.11 Å². The molecule has 0 atom stereocenters. The summed E-state index contributed by atoms with van der Waals surface area (Å²) in [6, 6.07) is 5.42. The Morgan fingerprint density at radius 2 is 1.57 bits per heavy atom. The van der Waals surface area contributed by atoms with Crippen LogP contribution in [0.4, 0.5) is 0 Å². The smallest absolute Gasteiger partial charge is 0.307 e. The molecule has 0 radical (unpaired) electrons. The highest BCUT2D eigenvalue weighted by Gasteiger charge is 2.13. The fraction of sp³-hybridized carbons (Fsp3) is 0.364. The predicted octanol–water partition coefficient (Wildman–Crippen LogP) is -0.859. The van der Waals surface area contributed by atoms with Gasteiger partial charge in [0, 0.05) is 13.1 Å². The average Bonchev–Trinajstić information content (AvgIpc) is 2.33. The van der Waals surface area contributed by atoms with E-state index >= 15 is 0 Å². The molecule has 8 nitrogen and oxygen atoms in total. The molecule has 21 heavy (non-hydrogen) atoms. The van der Waals surface area contributed by atoms with Gasteiger partial charge in [-0.15, -0.1) is 0 Å². The van der Waals surface area contributed by atoms with Gasteiger partial charge in [-0.25, -0.2) is 26.3 Å². The van der Waals surface area contributed by atoms with Crippen LogP contribution in [0.25, 0.3) is 0 Å². The molecular weight excluding hydrogens is 320 g/mol. The zero-order valence-electron chi connectivity index (χ0n) is 11.2.